The summed E-state index contributed by atoms with van der Waals surface area (Å²) in [6.45, 7) is 3.70. The van der Waals surface area contributed by atoms with Gasteiger partial charge in [-0.1, -0.05) is 22.9 Å². The third kappa shape index (κ3) is 4.75. The summed E-state index contributed by atoms with van der Waals surface area (Å²) >= 11 is 3.42. The van der Waals surface area contributed by atoms with Gasteiger partial charge in [0.15, 0.2) is 6.61 Å². The highest BCUT2D eigenvalue weighted by atomic mass is 79.9. The zero-order valence-electron chi connectivity index (χ0n) is 10.0. The van der Waals surface area contributed by atoms with Crippen LogP contribution in [0.15, 0.2) is 22.7 Å². The predicted molar refractivity (Wildman–Crippen MR) is 71.1 cm³/mol. The van der Waals surface area contributed by atoms with Gasteiger partial charge in [-0.3, -0.25) is 4.79 Å². The Bertz CT molecular complexity index is 383. The highest BCUT2D eigenvalue weighted by Gasteiger charge is 2.06. The molecule has 0 bridgehead atoms. The molecule has 0 aliphatic carbocycles. The van der Waals surface area contributed by atoms with Crippen LogP contribution >= 0.6 is 15.9 Å². The molecule has 1 aromatic rings. The van der Waals surface area contributed by atoms with Crippen LogP contribution < -0.4 is 15.4 Å². The zero-order valence-corrected chi connectivity index (χ0v) is 11.6. The van der Waals surface area contributed by atoms with Crippen molar-refractivity contribution >= 4 is 21.8 Å². The van der Waals surface area contributed by atoms with Crippen LogP contribution in [0.4, 0.5) is 0 Å². The van der Waals surface area contributed by atoms with E-state index in [1.165, 1.54) is 0 Å². The summed E-state index contributed by atoms with van der Waals surface area (Å²) in [6, 6.07) is 5.75. The van der Waals surface area contributed by atoms with Crippen LogP contribution in [0, 0.1) is 0 Å². The third-order valence-electron chi connectivity index (χ3n) is 2.23. The highest BCUT2D eigenvalue weighted by molar-refractivity contribution is 9.10. The molecule has 5 heteroatoms. The largest absolute Gasteiger partial charge is 0.483 e. The lowest BCUT2D eigenvalue weighted by Crippen LogP contribution is -2.25. The minimum absolute atomic E-state index is 0.0389. The number of rotatable bonds is 6. The van der Waals surface area contributed by atoms with Crippen LogP contribution in [0.1, 0.15) is 12.5 Å². The molecule has 0 spiro atoms. The number of amides is 1. The number of hydrogen-bond donors (Lipinski definition) is 2. The number of likely N-dealkylation sites (N-methyl/N-ethyl adjacent to an activating group) is 1. The molecule has 4 nitrogen and oxygen atoms in total. The van der Waals surface area contributed by atoms with E-state index >= 15 is 0 Å². The van der Waals surface area contributed by atoms with Crippen LogP contribution in [-0.4, -0.2) is 26.1 Å². The summed E-state index contributed by atoms with van der Waals surface area (Å²) in [5.74, 6) is 0.597. The Morgan fingerprint density at radius 3 is 2.88 bits per heavy atom. The summed E-state index contributed by atoms with van der Waals surface area (Å²) < 4.78 is 6.47. The van der Waals surface area contributed by atoms with E-state index in [1.54, 1.807) is 7.05 Å². The molecule has 0 unspecified atom stereocenters. The van der Waals surface area contributed by atoms with Gasteiger partial charge in [-0.05, 0) is 24.7 Å². The van der Waals surface area contributed by atoms with Gasteiger partial charge in [0.1, 0.15) is 5.75 Å². The van der Waals surface area contributed by atoms with E-state index < -0.39 is 0 Å². The first-order chi connectivity index (χ1) is 8.17. The smallest absolute Gasteiger partial charge is 0.257 e. The Morgan fingerprint density at radius 2 is 2.24 bits per heavy atom. The molecule has 1 rings (SSSR count). The maximum atomic E-state index is 11.1. The van der Waals surface area contributed by atoms with Gasteiger partial charge in [-0.15, -0.1) is 0 Å². The summed E-state index contributed by atoms with van der Waals surface area (Å²) in [5.41, 5.74) is 1.03. The molecule has 0 radical (unpaired) electrons. The van der Waals surface area contributed by atoms with E-state index in [2.05, 4.69) is 26.6 Å². The van der Waals surface area contributed by atoms with Crippen molar-refractivity contribution in [1.29, 1.82) is 0 Å². The van der Waals surface area contributed by atoms with E-state index in [-0.39, 0.29) is 12.5 Å². The van der Waals surface area contributed by atoms with Crippen LogP contribution in [0.25, 0.3) is 0 Å². The van der Waals surface area contributed by atoms with Gasteiger partial charge < -0.3 is 15.4 Å². The van der Waals surface area contributed by atoms with Crippen molar-refractivity contribution in [3.63, 3.8) is 0 Å². The van der Waals surface area contributed by atoms with Gasteiger partial charge in [-0.25, -0.2) is 0 Å². The number of ether oxygens (including phenoxy) is 1. The molecule has 2 N–H and O–H groups in total. The summed E-state index contributed by atoms with van der Waals surface area (Å²) in [4.78, 5) is 11.1. The Balaban J connectivity index is 2.71. The standard InChI is InChI=1S/C12H17BrN2O2/c1-3-15-7-9-6-10(13)4-5-11(9)17-8-12(16)14-2/h4-6,15H,3,7-8H2,1-2H3,(H,14,16). The minimum atomic E-state index is -0.137. The molecule has 0 aliphatic heterocycles. The van der Waals surface area contributed by atoms with Crippen LogP contribution in [0.2, 0.25) is 0 Å². The van der Waals surface area contributed by atoms with Gasteiger partial charge in [0.05, 0.1) is 0 Å². The topological polar surface area (TPSA) is 50.4 Å². The Morgan fingerprint density at radius 1 is 1.47 bits per heavy atom. The third-order valence-corrected chi connectivity index (χ3v) is 2.72. The first-order valence-electron chi connectivity index (χ1n) is 5.50. The normalized spacial score (nSPS) is 10.1. The summed E-state index contributed by atoms with van der Waals surface area (Å²) in [6.07, 6.45) is 0. The molecule has 17 heavy (non-hydrogen) atoms. The van der Waals surface area contributed by atoms with Crippen molar-refractivity contribution in [3.05, 3.63) is 28.2 Å². The SMILES string of the molecule is CCNCc1cc(Br)ccc1OCC(=O)NC. The summed E-state index contributed by atoms with van der Waals surface area (Å²) in [7, 11) is 1.59. The predicted octanol–water partition coefficient (Wildman–Crippen LogP) is 1.68. The van der Waals surface area contributed by atoms with E-state index in [0.29, 0.717) is 0 Å². The van der Waals surface area contributed by atoms with E-state index in [4.69, 9.17) is 4.74 Å². The molecule has 0 fully saturated rings. The fraction of sp³-hybridized carbons (Fsp3) is 0.417. The van der Waals surface area contributed by atoms with Crippen molar-refractivity contribution in [2.75, 3.05) is 20.2 Å². The van der Waals surface area contributed by atoms with Crippen LogP contribution in [0.5, 0.6) is 5.75 Å². The first-order valence-corrected chi connectivity index (χ1v) is 6.29. The average molecular weight is 301 g/mol. The molecule has 0 heterocycles. The summed E-state index contributed by atoms with van der Waals surface area (Å²) in [5, 5.41) is 5.75. The number of halogens is 1. The number of nitrogens with one attached hydrogen (secondary N) is 2. The second-order valence-corrected chi connectivity index (χ2v) is 4.41. The van der Waals surface area contributed by atoms with Crippen molar-refractivity contribution in [2.45, 2.75) is 13.5 Å². The van der Waals surface area contributed by atoms with Crippen molar-refractivity contribution in [2.24, 2.45) is 0 Å². The average Bonchev–Trinajstić information content (AvgIpc) is 2.34. The fourth-order valence-corrected chi connectivity index (χ4v) is 1.71. The molecule has 1 amide bonds. The van der Waals surface area contributed by atoms with E-state index in [9.17, 15) is 4.79 Å². The molecule has 0 aromatic heterocycles. The van der Waals surface area contributed by atoms with Gasteiger partial charge in [0.25, 0.3) is 5.91 Å². The Labute approximate surface area is 110 Å². The second kappa shape index (κ2) is 7.29. The zero-order chi connectivity index (χ0) is 12.7. The van der Waals surface area contributed by atoms with Crippen molar-refractivity contribution in [3.8, 4) is 5.75 Å². The lowest BCUT2D eigenvalue weighted by molar-refractivity contribution is -0.122. The number of carbonyl (C=O) groups is 1. The van der Waals surface area contributed by atoms with Crippen LogP contribution in [-0.2, 0) is 11.3 Å². The quantitative estimate of drug-likeness (QED) is 0.840. The maximum Gasteiger partial charge on any atom is 0.257 e. The number of hydrogen-bond acceptors (Lipinski definition) is 3. The Kier molecular flexibility index (Phi) is 6.00. The minimum Gasteiger partial charge on any atom is -0.483 e. The molecule has 1 aromatic carbocycles. The van der Waals surface area contributed by atoms with E-state index in [1.807, 2.05) is 25.1 Å². The van der Waals surface area contributed by atoms with Crippen molar-refractivity contribution in [1.82, 2.24) is 10.6 Å². The molecule has 0 saturated carbocycles. The highest BCUT2D eigenvalue weighted by Crippen LogP contribution is 2.23. The van der Waals surface area contributed by atoms with Gasteiger partial charge >= 0.3 is 0 Å². The Hall–Kier alpha value is -1.07. The fourth-order valence-electron chi connectivity index (χ4n) is 1.30. The monoisotopic (exact) mass is 300 g/mol. The molecule has 0 atom stereocenters. The van der Waals surface area contributed by atoms with Gasteiger partial charge in [0, 0.05) is 23.6 Å². The number of benzene rings is 1. The first kappa shape index (κ1) is 14.0. The van der Waals surface area contributed by atoms with Gasteiger partial charge in [-0.2, -0.15) is 0 Å². The molecule has 94 valence electrons. The van der Waals surface area contributed by atoms with Crippen LogP contribution in [0.3, 0.4) is 0 Å². The lowest BCUT2D eigenvalue weighted by atomic mass is 10.2. The maximum absolute atomic E-state index is 11.1. The molecule has 0 aliphatic rings. The molecular weight excluding hydrogens is 284 g/mol. The second-order valence-electron chi connectivity index (χ2n) is 3.49. The molecular formula is C12H17BrN2O2. The van der Waals surface area contributed by atoms with Gasteiger partial charge in [0.2, 0.25) is 0 Å². The number of carbonyl (C=O) groups excluding carboxylic acids is 1. The van der Waals surface area contributed by atoms with Crippen molar-refractivity contribution < 1.29 is 9.53 Å². The molecule has 0 saturated heterocycles. The van der Waals surface area contributed by atoms with E-state index in [0.717, 1.165) is 28.9 Å². The lowest BCUT2D eigenvalue weighted by Gasteiger charge is -2.11.